The van der Waals surface area contributed by atoms with Gasteiger partial charge >= 0.3 is 0 Å². The molecule has 0 aromatic rings. The van der Waals surface area contributed by atoms with Crippen LogP contribution in [0.25, 0.3) is 0 Å². The molecule has 3 nitrogen and oxygen atoms in total. The van der Waals surface area contributed by atoms with E-state index in [4.69, 9.17) is 9.84 Å². The summed E-state index contributed by atoms with van der Waals surface area (Å²) in [5, 5.41) is 8.89. The maximum Gasteiger partial charge on any atom is 0.0745 e. The van der Waals surface area contributed by atoms with Gasteiger partial charge in [0, 0.05) is 6.54 Å². The van der Waals surface area contributed by atoms with Crippen molar-refractivity contribution < 1.29 is 9.84 Å². The van der Waals surface area contributed by atoms with Gasteiger partial charge < -0.3 is 14.7 Å². The fourth-order valence-electron chi connectivity index (χ4n) is 0.987. The third kappa shape index (κ3) is 6.58. The van der Waals surface area contributed by atoms with Crippen LogP contribution >= 0.6 is 0 Å². The van der Waals surface area contributed by atoms with Crippen LogP contribution in [0.5, 0.6) is 0 Å². The molecule has 0 heterocycles. The third-order valence-electron chi connectivity index (χ3n) is 1.81. The van der Waals surface area contributed by atoms with Crippen LogP contribution in [0.1, 0.15) is 20.8 Å². The Morgan fingerprint density at radius 1 is 1.33 bits per heavy atom. The van der Waals surface area contributed by atoms with Crippen LogP contribution in [0.15, 0.2) is 0 Å². The predicted molar refractivity (Wildman–Crippen MR) is 50.3 cm³/mol. The normalized spacial score (nSPS) is 13.8. The molecule has 12 heavy (non-hydrogen) atoms. The van der Waals surface area contributed by atoms with Gasteiger partial charge in [0.2, 0.25) is 0 Å². The molecule has 0 saturated carbocycles. The highest BCUT2D eigenvalue weighted by Gasteiger charge is 1.99. The topological polar surface area (TPSA) is 32.7 Å². The smallest absolute Gasteiger partial charge is 0.0745 e. The summed E-state index contributed by atoms with van der Waals surface area (Å²) in [7, 11) is 0. The van der Waals surface area contributed by atoms with Gasteiger partial charge in [0.15, 0.2) is 0 Å². The SMILES string of the molecule is CCN(CC)CCOCC(C)O. The maximum atomic E-state index is 8.89. The number of aliphatic hydroxyl groups excluding tert-OH is 1. The average Bonchev–Trinajstić information content (AvgIpc) is 2.04. The van der Waals surface area contributed by atoms with Gasteiger partial charge in [-0.05, 0) is 20.0 Å². The molecule has 0 aliphatic rings. The van der Waals surface area contributed by atoms with Crippen LogP contribution in [0.3, 0.4) is 0 Å². The Hall–Kier alpha value is -0.120. The lowest BCUT2D eigenvalue weighted by atomic mass is 10.4. The zero-order valence-electron chi connectivity index (χ0n) is 8.42. The van der Waals surface area contributed by atoms with Crippen molar-refractivity contribution in [1.29, 1.82) is 0 Å². The molecule has 0 saturated heterocycles. The summed E-state index contributed by atoms with van der Waals surface area (Å²) in [6.07, 6.45) is -0.346. The second-order valence-corrected chi connectivity index (χ2v) is 2.95. The van der Waals surface area contributed by atoms with E-state index in [0.29, 0.717) is 13.2 Å². The molecular formula is C9H21NO2. The predicted octanol–water partition coefficient (Wildman–Crippen LogP) is 0.726. The number of hydrogen-bond acceptors (Lipinski definition) is 3. The largest absolute Gasteiger partial charge is 0.391 e. The van der Waals surface area contributed by atoms with Crippen LogP contribution in [-0.2, 0) is 4.74 Å². The molecule has 74 valence electrons. The first-order valence-corrected chi connectivity index (χ1v) is 4.68. The Bertz CT molecular complexity index is 92.5. The monoisotopic (exact) mass is 175 g/mol. The quantitative estimate of drug-likeness (QED) is 0.579. The molecule has 0 spiro atoms. The minimum atomic E-state index is -0.346. The summed E-state index contributed by atoms with van der Waals surface area (Å²) in [4.78, 5) is 2.29. The second kappa shape index (κ2) is 7.53. The van der Waals surface area contributed by atoms with E-state index in [-0.39, 0.29) is 6.10 Å². The molecule has 0 aliphatic carbocycles. The first-order chi connectivity index (χ1) is 5.70. The molecule has 0 rings (SSSR count). The Kier molecular flexibility index (Phi) is 7.45. The second-order valence-electron chi connectivity index (χ2n) is 2.95. The van der Waals surface area contributed by atoms with Crippen LogP contribution in [0.2, 0.25) is 0 Å². The van der Waals surface area contributed by atoms with E-state index in [9.17, 15) is 0 Å². The van der Waals surface area contributed by atoms with Crippen molar-refractivity contribution in [2.45, 2.75) is 26.9 Å². The highest BCUT2D eigenvalue weighted by Crippen LogP contribution is 1.88. The van der Waals surface area contributed by atoms with Gasteiger partial charge in [-0.25, -0.2) is 0 Å². The molecule has 1 atom stereocenters. The van der Waals surface area contributed by atoms with Gasteiger partial charge in [-0.2, -0.15) is 0 Å². The molecule has 1 N–H and O–H groups in total. The first kappa shape index (κ1) is 11.9. The third-order valence-corrected chi connectivity index (χ3v) is 1.81. The number of hydrogen-bond donors (Lipinski definition) is 1. The van der Waals surface area contributed by atoms with E-state index in [1.807, 2.05) is 0 Å². The molecular weight excluding hydrogens is 154 g/mol. The highest BCUT2D eigenvalue weighted by molar-refractivity contribution is 4.51. The van der Waals surface area contributed by atoms with Crippen molar-refractivity contribution in [3.63, 3.8) is 0 Å². The van der Waals surface area contributed by atoms with Crippen LogP contribution in [-0.4, -0.2) is 49.0 Å². The molecule has 0 amide bonds. The van der Waals surface area contributed by atoms with Crippen molar-refractivity contribution >= 4 is 0 Å². The van der Waals surface area contributed by atoms with E-state index in [2.05, 4.69) is 18.7 Å². The molecule has 0 fully saturated rings. The summed E-state index contributed by atoms with van der Waals surface area (Å²) < 4.78 is 5.24. The number of ether oxygens (including phenoxy) is 1. The molecule has 3 heteroatoms. The summed E-state index contributed by atoms with van der Waals surface area (Å²) in [5.41, 5.74) is 0. The van der Waals surface area contributed by atoms with Gasteiger partial charge in [0.05, 0.1) is 19.3 Å². The van der Waals surface area contributed by atoms with Gasteiger partial charge in [-0.15, -0.1) is 0 Å². The Labute approximate surface area is 75.3 Å². The number of likely N-dealkylation sites (N-methyl/N-ethyl adjacent to an activating group) is 1. The highest BCUT2D eigenvalue weighted by atomic mass is 16.5. The fourth-order valence-corrected chi connectivity index (χ4v) is 0.987. The lowest BCUT2D eigenvalue weighted by molar-refractivity contribution is 0.0366. The van der Waals surface area contributed by atoms with Crippen LogP contribution in [0, 0.1) is 0 Å². The Morgan fingerprint density at radius 2 is 1.92 bits per heavy atom. The van der Waals surface area contributed by atoms with E-state index >= 15 is 0 Å². The summed E-state index contributed by atoms with van der Waals surface area (Å²) >= 11 is 0. The van der Waals surface area contributed by atoms with Gasteiger partial charge in [-0.3, -0.25) is 0 Å². The fraction of sp³-hybridized carbons (Fsp3) is 1.00. The van der Waals surface area contributed by atoms with E-state index < -0.39 is 0 Å². The molecule has 0 aromatic carbocycles. The Morgan fingerprint density at radius 3 is 2.33 bits per heavy atom. The standard InChI is InChI=1S/C9H21NO2/c1-4-10(5-2)6-7-12-8-9(3)11/h9,11H,4-8H2,1-3H3. The van der Waals surface area contributed by atoms with Gasteiger partial charge in [0.25, 0.3) is 0 Å². The van der Waals surface area contributed by atoms with Crippen LogP contribution in [0.4, 0.5) is 0 Å². The van der Waals surface area contributed by atoms with Crippen molar-refractivity contribution in [3.05, 3.63) is 0 Å². The van der Waals surface area contributed by atoms with Crippen molar-refractivity contribution in [3.8, 4) is 0 Å². The first-order valence-electron chi connectivity index (χ1n) is 4.68. The average molecular weight is 175 g/mol. The summed E-state index contributed by atoms with van der Waals surface area (Å²) in [6, 6.07) is 0. The van der Waals surface area contributed by atoms with E-state index in [0.717, 1.165) is 19.6 Å². The molecule has 1 unspecified atom stereocenters. The number of aliphatic hydroxyl groups is 1. The van der Waals surface area contributed by atoms with Crippen molar-refractivity contribution in [1.82, 2.24) is 4.90 Å². The van der Waals surface area contributed by atoms with E-state index in [1.165, 1.54) is 0 Å². The van der Waals surface area contributed by atoms with Gasteiger partial charge in [-0.1, -0.05) is 13.8 Å². The Balaban J connectivity index is 3.17. The summed E-state index contributed by atoms with van der Waals surface area (Å²) in [6.45, 7) is 10.3. The van der Waals surface area contributed by atoms with E-state index in [1.54, 1.807) is 6.92 Å². The zero-order valence-corrected chi connectivity index (χ0v) is 8.42. The van der Waals surface area contributed by atoms with Crippen molar-refractivity contribution in [2.75, 3.05) is 32.8 Å². The zero-order chi connectivity index (χ0) is 9.40. The van der Waals surface area contributed by atoms with Crippen LogP contribution < -0.4 is 0 Å². The molecule has 0 radical (unpaired) electrons. The van der Waals surface area contributed by atoms with Crippen molar-refractivity contribution in [2.24, 2.45) is 0 Å². The molecule has 0 bridgehead atoms. The van der Waals surface area contributed by atoms with Gasteiger partial charge in [0.1, 0.15) is 0 Å². The molecule has 0 aliphatic heterocycles. The number of nitrogens with zero attached hydrogens (tertiary/aromatic N) is 1. The lowest BCUT2D eigenvalue weighted by Crippen LogP contribution is -2.27. The molecule has 0 aromatic heterocycles. The minimum Gasteiger partial charge on any atom is -0.391 e. The maximum absolute atomic E-state index is 8.89. The minimum absolute atomic E-state index is 0.346. The number of rotatable bonds is 7. The summed E-state index contributed by atoms with van der Waals surface area (Å²) in [5.74, 6) is 0. The lowest BCUT2D eigenvalue weighted by Gasteiger charge is -2.17.